The molecule has 1 N–H and O–H groups in total. The summed E-state index contributed by atoms with van der Waals surface area (Å²) in [5, 5.41) is 4.61. The number of benzene rings is 2. The summed E-state index contributed by atoms with van der Waals surface area (Å²) in [5.41, 5.74) is 6.54. The van der Waals surface area contributed by atoms with Gasteiger partial charge < -0.3 is 10.2 Å². The largest absolute Gasteiger partial charge is 0.368 e. The molecule has 2 aliphatic heterocycles. The maximum absolute atomic E-state index is 12.4. The minimum absolute atomic E-state index is 0.188. The summed E-state index contributed by atoms with van der Waals surface area (Å²) in [6, 6.07) is 10.4. The third-order valence-electron chi connectivity index (χ3n) is 7.93. The molecule has 5 rings (SSSR count). The molecule has 1 amide bonds. The summed E-state index contributed by atoms with van der Waals surface area (Å²) in [6.07, 6.45) is 4.50. The quantitative estimate of drug-likeness (QED) is 0.510. The molecule has 0 bridgehead atoms. The van der Waals surface area contributed by atoms with Crippen LogP contribution in [0.5, 0.6) is 0 Å². The number of halogens is 2. The summed E-state index contributed by atoms with van der Waals surface area (Å²) < 4.78 is 0. The first kappa shape index (κ1) is 24.0. The molecule has 182 valence electrons. The van der Waals surface area contributed by atoms with E-state index in [0.29, 0.717) is 5.92 Å². The number of hydrogen-bond donors (Lipinski definition) is 1. The number of piperidine rings is 1. The van der Waals surface area contributed by atoms with Gasteiger partial charge in [-0.2, -0.15) is 0 Å². The molecule has 3 aliphatic rings. The van der Waals surface area contributed by atoms with Gasteiger partial charge in [0.15, 0.2) is 0 Å². The smallest absolute Gasteiger partial charge is 0.223 e. The fraction of sp³-hybridized carbons (Fsp3) is 0.536. The van der Waals surface area contributed by atoms with Crippen LogP contribution < -0.4 is 10.2 Å². The Labute approximate surface area is 213 Å². The Morgan fingerprint density at radius 1 is 1.00 bits per heavy atom. The van der Waals surface area contributed by atoms with E-state index in [1.807, 2.05) is 18.2 Å². The third-order valence-corrected chi connectivity index (χ3v) is 8.54. The average Bonchev–Trinajstić information content (AvgIpc) is 3.60. The minimum atomic E-state index is 0.188. The molecule has 2 aromatic rings. The van der Waals surface area contributed by atoms with Crippen LogP contribution in [0.3, 0.4) is 0 Å². The molecule has 1 saturated carbocycles. The van der Waals surface area contributed by atoms with E-state index in [2.05, 4.69) is 41.1 Å². The van der Waals surface area contributed by atoms with Crippen molar-refractivity contribution in [2.45, 2.75) is 52.0 Å². The van der Waals surface area contributed by atoms with Crippen molar-refractivity contribution in [3.63, 3.8) is 0 Å². The first-order valence-corrected chi connectivity index (χ1v) is 13.4. The standard InChI is InChI=1S/C28H35Cl2N3O/c1-18-12-22(23-15-33(16-23)27-25(29)4-3-5-26(27)30)13-19(2)24(18)17-32-10-8-21(9-11-32)28(34)31-14-20-6-7-20/h3-5,12-13,20-21,23H,6-11,14-17H2,1-2H3,(H,31,34). The van der Waals surface area contributed by atoms with Gasteiger partial charge in [0.2, 0.25) is 5.91 Å². The minimum Gasteiger partial charge on any atom is -0.368 e. The molecule has 1 aliphatic carbocycles. The lowest BCUT2D eigenvalue weighted by Crippen LogP contribution is -2.45. The van der Waals surface area contributed by atoms with Crippen molar-refractivity contribution in [1.29, 1.82) is 0 Å². The Bertz CT molecular complexity index is 1010. The van der Waals surface area contributed by atoms with E-state index in [1.54, 1.807) is 0 Å². The van der Waals surface area contributed by atoms with Crippen molar-refractivity contribution in [1.82, 2.24) is 10.2 Å². The van der Waals surface area contributed by atoms with Crippen LogP contribution in [0.1, 0.15) is 53.9 Å². The number of aryl methyl sites for hydroxylation is 2. The fourth-order valence-corrected chi connectivity index (χ4v) is 6.10. The summed E-state index contributed by atoms with van der Waals surface area (Å²) in [4.78, 5) is 17.2. The zero-order valence-corrected chi connectivity index (χ0v) is 21.8. The molecule has 4 nitrogen and oxygen atoms in total. The maximum atomic E-state index is 12.4. The summed E-state index contributed by atoms with van der Waals surface area (Å²) >= 11 is 12.8. The van der Waals surface area contributed by atoms with Crippen molar-refractivity contribution >= 4 is 34.8 Å². The second-order valence-corrected chi connectivity index (χ2v) is 11.4. The molecule has 0 radical (unpaired) electrons. The fourth-order valence-electron chi connectivity index (χ4n) is 5.46. The lowest BCUT2D eigenvalue weighted by atomic mass is 9.86. The highest BCUT2D eigenvalue weighted by Crippen LogP contribution is 2.40. The number of carbonyl (C=O) groups is 1. The first-order valence-electron chi connectivity index (χ1n) is 12.7. The lowest BCUT2D eigenvalue weighted by molar-refractivity contribution is -0.126. The van der Waals surface area contributed by atoms with Crippen molar-refractivity contribution in [3.8, 4) is 0 Å². The van der Waals surface area contributed by atoms with Gasteiger partial charge >= 0.3 is 0 Å². The molecule has 0 aromatic heterocycles. The van der Waals surface area contributed by atoms with Gasteiger partial charge in [-0.15, -0.1) is 0 Å². The SMILES string of the molecule is Cc1cc(C2CN(c3c(Cl)cccc3Cl)C2)cc(C)c1CN1CCC(C(=O)NCC2CC2)CC1. The van der Waals surface area contributed by atoms with E-state index < -0.39 is 0 Å². The Balaban J connectivity index is 1.16. The van der Waals surface area contributed by atoms with E-state index in [4.69, 9.17) is 23.2 Å². The van der Waals surface area contributed by atoms with Crippen molar-refractivity contribution in [2.75, 3.05) is 37.6 Å². The van der Waals surface area contributed by atoms with Crippen molar-refractivity contribution < 1.29 is 4.79 Å². The molecular weight excluding hydrogens is 465 g/mol. The first-order chi connectivity index (χ1) is 16.4. The van der Waals surface area contributed by atoms with Crippen molar-refractivity contribution in [2.24, 2.45) is 11.8 Å². The van der Waals surface area contributed by atoms with Gasteiger partial charge in [-0.25, -0.2) is 0 Å². The predicted molar refractivity (Wildman–Crippen MR) is 141 cm³/mol. The molecule has 2 aromatic carbocycles. The molecule has 2 heterocycles. The van der Waals surface area contributed by atoms with Crippen molar-refractivity contribution in [3.05, 3.63) is 62.6 Å². The van der Waals surface area contributed by atoms with E-state index in [-0.39, 0.29) is 11.8 Å². The van der Waals surface area contributed by atoms with Gasteiger partial charge in [0.25, 0.3) is 0 Å². The zero-order valence-electron chi connectivity index (χ0n) is 20.2. The predicted octanol–water partition coefficient (Wildman–Crippen LogP) is 5.95. The Kier molecular flexibility index (Phi) is 7.11. The summed E-state index contributed by atoms with van der Waals surface area (Å²) in [7, 11) is 0. The number of anilines is 1. The normalized spacial score (nSPS) is 19.8. The average molecular weight is 501 g/mol. The number of likely N-dealkylation sites (tertiary alicyclic amines) is 1. The van der Waals surface area contributed by atoms with Crippen LogP contribution in [-0.2, 0) is 11.3 Å². The lowest BCUT2D eigenvalue weighted by Gasteiger charge is -2.42. The van der Waals surface area contributed by atoms with Crippen LogP contribution in [-0.4, -0.2) is 43.5 Å². The molecule has 0 atom stereocenters. The summed E-state index contributed by atoms with van der Waals surface area (Å²) in [5.74, 6) is 1.71. The topological polar surface area (TPSA) is 35.6 Å². The molecule has 6 heteroatoms. The third kappa shape index (κ3) is 5.24. The second kappa shape index (κ2) is 10.1. The van der Waals surface area contributed by atoms with Crippen LogP contribution in [0.2, 0.25) is 10.0 Å². The van der Waals surface area contributed by atoms with E-state index in [1.165, 1.54) is 35.1 Å². The number of nitrogens with zero attached hydrogens (tertiary/aromatic N) is 2. The Hall–Kier alpha value is -1.75. The number of carbonyl (C=O) groups excluding carboxylic acids is 1. The molecular formula is C28H35Cl2N3O. The molecule has 0 spiro atoms. The van der Waals surface area contributed by atoms with Crippen LogP contribution in [0.15, 0.2) is 30.3 Å². The summed E-state index contributed by atoms with van der Waals surface area (Å²) in [6.45, 7) is 10.2. The van der Waals surface area contributed by atoms with Gasteiger partial charge in [0.1, 0.15) is 0 Å². The number of para-hydroxylation sites is 1. The van der Waals surface area contributed by atoms with Gasteiger partial charge in [-0.3, -0.25) is 9.69 Å². The number of amides is 1. The van der Waals surface area contributed by atoms with Crippen LogP contribution in [0, 0.1) is 25.7 Å². The Morgan fingerprint density at radius 2 is 1.62 bits per heavy atom. The van der Waals surface area contributed by atoms with Gasteiger partial charge in [-0.05, 0) is 92.9 Å². The van der Waals surface area contributed by atoms with Gasteiger partial charge in [0.05, 0.1) is 15.7 Å². The molecule has 2 saturated heterocycles. The monoisotopic (exact) mass is 499 g/mol. The number of rotatable bonds is 7. The molecule has 34 heavy (non-hydrogen) atoms. The highest BCUT2D eigenvalue weighted by Gasteiger charge is 2.32. The van der Waals surface area contributed by atoms with Gasteiger partial charge in [-0.1, -0.05) is 41.4 Å². The van der Waals surface area contributed by atoms with E-state index >= 15 is 0 Å². The second-order valence-electron chi connectivity index (χ2n) is 10.5. The van der Waals surface area contributed by atoms with Crippen LogP contribution in [0.25, 0.3) is 0 Å². The highest BCUT2D eigenvalue weighted by atomic mass is 35.5. The number of hydrogen-bond acceptors (Lipinski definition) is 3. The molecule has 0 unspecified atom stereocenters. The van der Waals surface area contributed by atoms with E-state index in [0.717, 1.165) is 73.8 Å². The zero-order chi connectivity index (χ0) is 23.8. The Morgan fingerprint density at radius 3 is 2.21 bits per heavy atom. The molecule has 3 fully saturated rings. The number of nitrogens with one attached hydrogen (secondary N) is 1. The van der Waals surface area contributed by atoms with Crippen LogP contribution >= 0.6 is 23.2 Å². The van der Waals surface area contributed by atoms with E-state index in [9.17, 15) is 4.79 Å². The maximum Gasteiger partial charge on any atom is 0.223 e. The van der Waals surface area contributed by atoms with Gasteiger partial charge in [0, 0.05) is 38.0 Å². The highest BCUT2D eigenvalue weighted by molar-refractivity contribution is 6.39. The van der Waals surface area contributed by atoms with Crippen LogP contribution in [0.4, 0.5) is 5.69 Å².